The van der Waals surface area contributed by atoms with E-state index in [1.807, 2.05) is 12.1 Å². The molecule has 2 unspecified atom stereocenters. The molecule has 0 saturated carbocycles. The molecule has 0 aliphatic carbocycles. The molecule has 1 aliphatic rings. The van der Waals surface area contributed by atoms with Gasteiger partial charge in [-0.3, -0.25) is 0 Å². The smallest absolute Gasteiger partial charge is 0.247 e. The van der Waals surface area contributed by atoms with Gasteiger partial charge in [0, 0.05) is 17.8 Å². The van der Waals surface area contributed by atoms with Crippen LogP contribution >= 0.6 is 0 Å². The van der Waals surface area contributed by atoms with E-state index in [9.17, 15) is 0 Å². The van der Waals surface area contributed by atoms with Crippen molar-refractivity contribution in [3.05, 3.63) is 30.2 Å². The monoisotopic (exact) mass is 273 g/mol. The number of anilines is 1. The zero-order chi connectivity index (χ0) is 13.9. The van der Waals surface area contributed by atoms with E-state index in [1.54, 1.807) is 0 Å². The fourth-order valence-corrected chi connectivity index (χ4v) is 2.50. The average Bonchev–Trinajstić information content (AvgIpc) is 3.09. The number of nitrogens with zero attached hydrogens (tertiary/aromatic N) is 2. The van der Waals surface area contributed by atoms with Crippen LogP contribution in [0.1, 0.15) is 25.3 Å². The third-order valence-electron chi connectivity index (χ3n) is 3.68. The maximum Gasteiger partial charge on any atom is 0.247 e. The van der Waals surface area contributed by atoms with Crippen LogP contribution in [-0.2, 0) is 4.74 Å². The van der Waals surface area contributed by atoms with Gasteiger partial charge in [0.15, 0.2) is 0 Å². The maximum absolute atomic E-state index is 5.82. The summed E-state index contributed by atoms with van der Waals surface area (Å²) in [6.07, 6.45) is 4.30. The molecule has 2 atom stereocenters. The second-order valence-corrected chi connectivity index (χ2v) is 5.30. The fourth-order valence-electron chi connectivity index (χ4n) is 2.50. The Morgan fingerprint density at radius 2 is 2.25 bits per heavy atom. The first-order chi connectivity index (χ1) is 9.72. The molecule has 1 aromatic heterocycles. The lowest BCUT2D eigenvalue weighted by molar-refractivity contribution is 0.0637. The minimum absolute atomic E-state index is 0.302. The fraction of sp³-hybridized carbons (Fsp3) is 0.467. The van der Waals surface area contributed by atoms with Gasteiger partial charge in [-0.15, -0.1) is 10.2 Å². The van der Waals surface area contributed by atoms with Gasteiger partial charge in [-0.05, 0) is 44.4 Å². The van der Waals surface area contributed by atoms with Gasteiger partial charge in [0.2, 0.25) is 12.3 Å². The third kappa shape index (κ3) is 2.82. The number of hydrogen-bond donors (Lipinski definition) is 1. The number of benzene rings is 1. The highest BCUT2D eigenvalue weighted by atomic mass is 16.5. The zero-order valence-electron chi connectivity index (χ0n) is 11.8. The van der Waals surface area contributed by atoms with E-state index in [1.165, 1.54) is 12.0 Å². The molecule has 106 valence electrons. The number of rotatable bonds is 4. The highest BCUT2D eigenvalue weighted by Gasteiger charge is 2.21. The Labute approximate surface area is 118 Å². The van der Waals surface area contributed by atoms with E-state index in [2.05, 4.69) is 35.4 Å². The van der Waals surface area contributed by atoms with Crippen LogP contribution < -0.4 is 5.32 Å². The van der Waals surface area contributed by atoms with Crippen molar-refractivity contribution < 1.29 is 9.15 Å². The number of nitrogens with one attached hydrogen (secondary N) is 1. The summed E-state index contributed by atoms with van der Waals surface area (Å²) in [7, 11) is 0. The Kier molecular flexibility index (Phi) is 3.69. The summed E-state index contributed by atoms with van der Waals surface area (Å²) >= 11 is 0. The molecule has 0 spiro atoms. The molecule has 5 heteroatoms. The molecule has 20 heavy (non-hydrogen) atoms. The van der Waals surface area contributed by atoms with Crippen LogP contribution in [0.25, 0.3) is 11.5 Å². The molecule has 0 radical (unpaired) electrons. The number of aryl methyl sites for hydroxylation is 1. The zero-order valence-corrected chi connectivity index (χ0v) is 11.8. The Morgan fingerprint density at radius 3 is 2.95 bits per heavy atom. The van der Waals surface area contributed by atoms with Crippen LogP contribution in [0.4, 0.5) is 5.69 Å². The second kappa shape index (κ2) is 5.63. The van der Waals surface area contributed by atoms with Crippen molar-refractivity contribution in [2.24, 2.45) is 0 Å². The van der Waals surface area contributed by atoms with Crippen molar-refractivity contribution in [2.45, 2.75) is 38.9 Å². The molecule has 2 heterocycles. The predicted octanol–water partition coefficient (Wildman–Crippen LogP) is 3.02. The molecule has 1 N–H and O–H groups in total. The van der Waals surface area contributed by atoms with Crippen LogP contribution in [-0.4, -0.2) is 29.0 Å². The normalized spacial score (nSPS) is 22.1. The molecule has 1 aromatic carbocycles. The maximum atomic E-state index is 5.82. The Bertz CT molecular complexity index is 569. The second-order valence-electron chi connectivity index (χ2n) is 5.30. The summed E-state index contributed by atoms with van der Waals surface area (Å²) in [6, 6.07) is 6.09. The molecule has 2 aromatic rings. The summed E-state index contributed by atoms with van der Waals surface area (Å²) in [4.78, 5) is 0. The number of aromatic nitrogens is 2. The van der Waals surface area contributed by atoms with Crippen LogP contribution in [0.2, 0.25) is 0 Å². The molecule has 0 bridgehead atoms. The van der Waals surface area contributed by atoms with E-state index in [0.29, 0.717) is 18.1 Å². The molecule has 1 fully saturated rings. The SMILES string of the molecule is Cc1ccc(-c2nnco2)cc1NCC1CCC(C)O1. The first kappa shape index (κ1) is 13.1. The van der Waals surface area contributed by atoms with E-state index < -0.39 is 0 Å². The number of ether oxygens (including phenoxy) is 1. The summed E-state index contributed by atoms with van der Waals surface area (Å²) in [6.45, 7) is 5.04. The minimum Gasteiger partial charge on any atom is -0.423 e. The molecule has 3 rings (SSSR count). The highest BCUT2D eigenvalue weighted by molar-refractivity contribution is 5.64. The number of hydrogen-bond acceptors (Lipinski definition) is 5. The van der Waals surface area contributed by atoms with Gasteiger partial charge >= 0.3 is 0 Å². The van der Waals surface area contributed by atoms with Gasteiger partial charge < -0.3 is 14.5 Å². The van der Waals surface area contributed by atoms with Gasteiger partial charge in [0.1, 0.15) is 0 Å². The lowest BCUT2D eigenvalue weighted by Gasteiger charge is -2.15. The molecule has 0 amide bonds. The van der Waals surface area contributed by atoms with Crippen LogP contribution in [0.5, 0.6) is 0 Å². The van der Waals surface area contributed by atoms with Gasteiger partial charge in [-0.25, -0.2) is 0 Å². The van der Waals surface area contributed by atoms with Crippen molar-refractivity contribution in [3.8, 4) is 11.5 Å². The largest absolute Gasteiger partial charge is 0.423 e. The van der Waals surface area contributed by atoms with Gasteiger partial charge in [-0.1, -0.05) is 6.07 Å². The van der Waals surface area contributed by atoms with E-state index >= 15 is 0 Å². The highest BCUT2D eigenvalue weighted by Crippen LogP contribution is 2.25. The van der Waals surface area contributed by atoms with Crippen molar-refractivity contribution in [1.82, 2.24) is 10.2 Å². The van der Waals surface area contributed by atoms with Crippen LogP contribution in [0, 0.1) is 6.92 Å². The Balaban J connectivity index is 1.70. The van der Waals surface area contributed by atoms with Crippen LogP contribution in [0.3, 0.4) is 0 Å². The Hall–Kier alpha value is -1.88. The summed E-state index contributed by atoms with van der Waals surface area (Å²) in [5.41, 5.74) is 3.21. The van der Waals surface area contributed by atoms with Crippen molar-refractivity contribution in [3.63, 3.8) is 0 Å². The molecular weight excluding hydrogens is 254 g/mol. The summed E-state index contributed by atoms with van der Waals surface area (Å²) in [5.74, 6) is 0.541. The van der Waals surface area contributed by atoms with Gasteiger partial charge in [0.05, 0.1) is 12.2 Å². The first-order valence-electron chi connectivity index (χ1n) is 6.99. The Morgan fingerprint density at radius 1 is 1.35 bits per heavy atom. The minimum atomic E-state index is 0.302. The molecular formula is C15H19N3O2. The standard InChI is InChI=1S/C15H19N3O2/c1-10-3-5-12(15-18-17-9-19-15)7-14(10)16-8-13-6-4-11(2)20-13/h3,5,7,9,11,13,16H,4,6,8H2,1-2H3. The topological polar surface area (TPSA) is 60.2 Å². The van der Waals surface area contributed by atoms with Gasteiger partial charge in [-0.2, -0.15) is 0 Å². The molecule has 1 aliphatic heterocycles. The predicted molar refractivity (Wildman–Crippen MR) is 76.5 cm³/mol. The van der Waals surface area contributed by atoms with Gasteiger partial charge in [0.25, 0.3) is 0 Å². The molecule has 1 saturated heterocycles. The lowest BCUT2D eigenvalue weighted by atomic mass is 10.1. The van der Waals surface area contributed by atoms with E-state index in [0.717, 1.165) is 30.6 Å². The first-order valence-corrected chi connectivity index (χ1v) is 6.99. The van der Waals surface area contributed by atoms with Crippen LogP contribution in [0.15, 0.2) is 29.0 Å². The average molecular weight is 273 g/mol. The summed E-state index contributed by atoms with van der Waals surface area (Å²) in [5, 5.41) is 11.1. The van der Waals surface area contributed by atoms with Crippen molar-refractivity contribution >= 4 is 5.69 Å². The van der Waals surface area contributed by atoms with E-state index in [4.69, 9.17) is 9.15 Å². The van der Waals surface area contributed by atoms with Crippen molar-refractivity contribution in [1.29, 1.82) is 0 Å². The quantitative estimate of drug-likeness (QED) is 0.927. The van der Waals surface area contributed by atoms with E-state index in [-0.39, 0.29) is 0 Å². The summed E-state index contributed by atoms with van der Waals surface area (Å²) < 4.78 is 11.1. The van der Waals surface area contributed by atoms with Crippen molar-refractivity contribution in [2.75, 3.05) is 11.9 Å². The third-order valence-corrected chi connectivity index (χ3v) is 3.68. The molecule has 5 nitrogen and oxygen atoms in total. The lowest BCUT2D eigenvalue weighted by Crippen LogP contribution is -2.20.